The van der Waals surface area contributed by atoms with Crippen LogP contribution in [-0.2, 0) is 58.6 Å². The van der Waals surface area contributed by atoms with Gasteiger partial charge in [0.15, 0.2) is 0 Å². The van der Waals surface area contributed by atoms with Crippen molar-refractivity contribution in [3.05, 3.63) is 65.2 Å². The zero-order chi connectivity index (χ0) is 47.7. The third-order valence-corrected chi connectivity index (χ3v) is 10.5. The van der Waals surface area contributed by atoms with Crippen LogP contribution in [0.25, 0.3) is 0 Å². The predicted octanol–water partition coefficient (Wildman–Crippen LogP) is 4.90. The van der Waals surface area contributed by atoms with E-state index in [1.807, 2.05) is 12.1 Å². The molecule has 378 valence electrons. The van der Waals surface area contributed by atoms with Gasteiger partial charge in [-0.3, -0.25) is 14.5 Å². The number of aromatic hydroxyl groups is 1. The molecule has 4 N–H and O–H groups in total. The second kappa shape index (κ2) is 40.8. The summed E-state index contributed by atoms with van der Waals surface area (Å²) in [5.74, 6) is 0.346. The van der Waals surface area contributed by atoms with E-state index >= 15 is 0 Å². The van der Waals surface area contributed by atoms with Crippen molar-refractivity contribution in [2.75, 3.05) is 145 Å². The number of phenols is 1. The van der Waals surface area contributed by atoms with Crippen molar-refractivity contribution in [3.63, 3.8) is 0 Å². The van der Waals surface area contributed by atoms with Crippen LogP contribution in [0.15, 0.2) is 48.5 Å². The van der Waals surface area contributed by atoms with Crippen molar-refractivity contribution < 1.29 is 62.4 Å². The van der Waals surface area contributed by atoms with Gasteiger partial charge in [-0.15, -0.1) is 0 Å². The maximum atomic E-state index is 12.6. The Morgan fingerprint density at radius 1 is 0.545 bits per heavy atom. The fourth-order valence-corrected chi connectivity index (χ4v) is 7.08. The monoisotopic (exact) mass is 936 g/mol. The highest BCUT2D eigenvalue weighted by atomic mass is 16.6. The quantitative estimate of drug-likeness (QED) is 0.0658. The van der Waals surface area contributed by atoms with Gasteiger partial charge in [-0.05, 0) is 77.1 Å². The van der Waals surface area contributed by atoms with Gasteiger partial charge in [0.2, 0.25) is 11.8 Å². The van der Waals surface area contributed by atoms with Gasteiger partial charge >= 0.3 is 0 Å². The van der Waals surface area contributed by atoms with Gasteiger partial charge in [0.1, 0.15) is 5.75 Å². The third-order valence-electron chi connectivity index (χ3n) is 10.5. The smallest absolute Gasteiger partial charge is 0.220 e. The number of nitrogens with one attached hydrogen (secondary N) is 2. The van der Waals surface area contributed by atoms with Crippen molar-refractivity contribution in [1.29, 1.82) is 0 Å². The highest BCUT2D eigenvalue weighted by Gasteiger charge is 2.22. The Labute approximate surface area is 395 Å². The Bertz CT molecular complexity index is 1450. The lowest BCUT2D eigenvalue weighted by Crippen LogP contribution is -2.38. The molecule has 0 radical (unpaired) electrons. The fraction of sp³-hybridized carbons (Fsp3) is 0.720. The number of hydrogen-bond acceptors (Lipinski definition) is 14. The molecule has 0 unspecified atom stereocenters. The maximum absolute atomic E-state index is 12.6. The summed E-state index contributed by atoms with van der Waals surface area (Å²) in [6.07, 6.45) is 4.65. The Morgan fingerprint density at radius 2 is 0.970 bits per heavy atom. The molecule has 2 aromatic rings. The number of aliphatic hydroxyl groups excluding tert-OH is 1. The van der Waals surface area contributed by atoms with Gasteiger partial charge in [0.05, 0.1) is 126 Å². The van der Waals surface area contributed by atoms with E-state index in [-0.39, 0.29) is 24.3 Å². The van der Waals surface area contributed by atoms with E-state index in [1.54, 1.807) is 6.07 Å². The van der Waals surface area contributed by atoms with Crippen molar-refractivity contribution >= 4 is 11.8 Å². The summed E-state index contributed by atoms with van der Waals surface area (Å²) in [6, 6.07) is 17.1. The van der Waals surface area contributed by atoms with Crippen molar-refractivity contribution in [3.8, 4) is 5.75 Å². The predicted molar refractivity (Wildman–Crippen MR) is 255 cm³/mol. The second-order valence-electron chi connectivity index (χ2n) is 16.3. The number of carbonyl (C=O) groups is 2. The largest absolute Gasteiger partial charge is 0.508 e. The van der Waals surface area contributed by atoms with Gasteiger partial charge < -0.3 is 63.5 Å². The first kappa shape index (κ1) is 58.9. The van der Waals surface area contributed by atoms with E-state index in [0.717, 1.165) is 43.4 Å². The Balaban J connectivity index is 1.37. The Kier molecular flexibility index (Phi) is 36.4. The number of rotatable bonds is 45. The average Bonchev–Trinajstić information content (AvgIpc) is 3.30. The molecule has 16 heteroatoms. The minimum atomic E-state index is -0.0200. The molecule has 0 aliphatic heterocycles. The van der Waals surface area contributed by atoms with Crippen LogP contribution in [0.2, 0.25) is 0 Å². The molecule has 16 nitrogen and oxygen atoms in total. The molecule has 0 fully saturated rings. The summed E-state index contributed by atoms with van der Waals surface area (Å²) in [6.45, 7) is 19.1. The van der Waals surface area contributed by atoms with E-state index in [9.17, 15) is 14.7 Å². The molecule has 2 rings (SSSR count). The lowest BCUT2D eigenvalue weighted by Gasteiger charge is -2.32. The van der Waals surface area contributed by atoms with Gasteiger partial charge in [0, 0.05) is 49.5 Å². The number of ether oxygens (including phenoxy) is 9. The summed E-state index contributed by atoms with van der Waals surface area (Å²) >= 11 is 0. The molecule has 0 bridgehead atoms. The highest BCUT2D eigenvalue weighted by Crippen LogP contribution is 2.35. The zero-order valence-electron chi connectivity index (χ0n) is 40.7. The summed E-state index contributed by atoms with van der Waals surface area (Å²) in [5, 5.41) is 25.5. The van der Waals surface area contributed by atoms with Crippen LogP contribution in [0.4, 0.5) is 0 Å². The first-order chi connectivity index (χ1) is 32.2. The molecule has 0 saturated heterocycles. The van der Waals surface area contributed by atoms with Crippen LogP contribution >= 0.6 is 0 Å². The van der Waals surface area contributed by atoms with Crippen LogP contribution in [-0.4, -0.2) is 184 Å². The summed E-state index contributed by atoms with van der Waals surface area (Å²) in [4.78, 5) is 27.3. The number of phenolic OH excluding ortho intramolecular Hbond substituents is 1. The van der Waals surface area contributed by atoms with Gasteiger partial charge in [0.25, 0.3) is 0 Å². The first-order valence-electron chi connectivity index (χ1n) is 24.2. The molecule has 0 aliphatic rings. The number of carbonyl (C=O) groups excluding carboxylic acids is 2. The molecule has 0 aromatic heterocycles. The number of aliphatic hydroxyl groups is 1. The van der Waals surface area contributed by atoms with Crippen LogP contribution in [0, 0.1) is 0 Å². The Morgan fingerprint density at radius 3 is 1.41 bits per heavy atom. The van der Waals surface area contributed by atoms with Gasteiger partial charge in [-0.2, -0.15) is 0 Å². The maximum Gasteiger partial charge on any atom is 0.220 e. The zero-order valence-corrected chi connectivity index (χ0v) is 40.7. The lowest BCUT2D eigenvalue weighted by molar-refractivity contribution is -0.121. The fourth-order valence-electron chi connectivity index (χ4n) is 7.08. The van der Waals surface area contributed by atoms with Crippen molar-refractivity contribution in [1.82, 2.24) is 15.5 Å². The first-order valence-corrected chi connectivity index (χ1v) is 24.2. The van der Waals surface area contributed by atoms with Crippen LogP contribution in [0.5, 0.6) is 5.75 Å². The molecule has 2 aromatic carbocycles. The standard InChI is InChI=1S/C50H85N3O13/c1-42(2)53(43(3)4)21-18-46(45-11-7-5-8-12-45)47-41-44(15-16-48(47)55)17-19-51-49(56)13-9-6-10-14-50(57)52-20-23-58-25-27-60-29-31-62-33-35-64-37-39-66-40-38-65-36-34-63-32-30-61-28-26-59-24-22-54/h5,7-8,11-12,15-16,41-43,46,54-55H,6,9-10,13-14,17-40H2,1-4H3,(H,51,56)(H,52,57)/t46-/m1/s1. The third kappa shape index (κ3) is 30.9. The molecule has 0 heterocycles. The summed E-state index contributed by atoms with van der Waals surface area (Å²) in [7, 11) is 0. The minimum absolute atomic E-state index is 0.00987. The number of nitrogens with zero attached hydrogens (tertiary/aromatic N) is 1. The summed E-state index contributed by atoms with van der Waals surface area (Å²) in [5.41, 5.74) is 3.18. The molecular weight excluding hydrogens is 851 g/mol. The molecule has 0 saturated carbocycles. The van der Waals surface area contributed by atoms with Gasteiger partial charge in [-0.1, -0.05) is 48.9 Å². The van der Waals surface area contributed by atoms with E-state index in [2.05, 4.69) is 73.6 Å². The van der Waals surface area contributed by atoms with Crippen molar-refractivity contribution in [2.45, 2.75) is 90.6 Å². The van der Waals surface area contributed by atoms with E-state index in [0.29, 0.717) is 169 Å². The minimum Gasteiger partial charge on any atom is -0.508 e. The topological polar surface area (TPSA) is 185 Å². The van der Waals surface area contributed by atoms with E-state index < -0.39 is 0 Å². The normalized spacial score (nSPS) is 12.1. The van der Waals surface area contributed by atoms with E-state index in [1.165, 1.54) is 5.56 Å². The SMILES string of the molecule is CC(C)N(CC[C@H](c1ccccc1)c1cc(CCNC(=O)CCCCCC(=O)NCCOCCOCCOCCOCCOCCOCCOCCOCCOCCO)ccc1O)C(C)C. The van der Waals surface area contributed by atoms with E-state index in [4.69, 9.17) is 47.7 Å². The molecule has 66 heavy (non-hydrogen) atoms. The van der Waals surface area contributed by atoms with Crippen LogP contribution in [0.1, 0.15) is 88.8 Å². The second-order valence-corrected chi connectivity index (χ2v) is 16.3. The lowest BCUT2D eigenvalue weighted by atomic mass is 9.86. The van der Waals surface area contributed by atoms with Gasteiger partial charge in [-0.25, -0.2) is 0 Å². The number of unbranched alkanes of at least 4 members (excludes halogenated alkanes) is 2. The highest BCUT2D eigenvalue weighted by molar-refractivity contribution is 5.76. The van der Waals surface area contributed by atoms with Crippen molar-refractivity contribution in [2.24, 2.45) is 0 Å². The molecule has 0 spiro atoms. The van der Waals surface area contributed by atoms with Crippen LogP contribution in [0.3, 0.4) is 0 Å². The number of amides is 2. The average molecular weight is 936 g/mol. The number of benzene rings is 2. The number of hydrogen-bond donors (Lipinski definition) is 4. The molecule has 2 amide bonds. The van der Waals surface area contributed by atoms with Crippen LogP contribution < -0.4 is 10.6 Å². The summed E-state index contributed by atoms with van der Waals surface area (Å²) < 4.78 is 48.9. The Hall–Kier alpha value is -3.26. The molecule has 1 atom stereocenters. The molecule has 0 aliphatic carbocycles. The molecular formula is C50H85N3O13.